The Morgan fingerprint density at radius 3 is 2.86 bits per heavy atom. The number of aromatic carboxylic acids is 1. The Morgan fingerprint density at radius 1 is 1.33 bits per heavy atom. The van der Waals surface area contributed by atoms with Crippen LogP contribution in [-0.2, 0) is 6.54 Å². The van der Waals surface area contributed by atoms with Crippen molar-refractivity contribution in [2.75, 3.05) is 20.1 Å². The molecule has 1 aromatic carbocycles. The van der Waals surface area contributed by atoms with Gasteiger partial charge in [-0.15, -0.1) is 0 Å². The van der Waals surface area contributed by atoms with Gasteiger partial charge in [-0.25, -0.2) is 9.18 Å². The molecule has 2 bridgehead atoms. The van der Waals surface area contributed by atoms with Crippen LogP contribution in [0.2, 0.25) is 0 Å². The molecule has 2 fully saturated rings. The average Bonchev–Trinajstić information content (AvgIpc) is 2.68. The summed E-state index contributed by atoms with van der Waals surface area (Å²) in [6.45, 7) is 2.37. The first kappa shape index (κ1) is 14.5. The van der Waals surface area contributed by atoms with Crippen LogP contribution in [0.4, 0.5) is 4.39 Å². The van der Waals surface area contributed by atoms with Gasteiger partial charge in [-0.05, 0) is 32.4 Å². The lowest BCUT2D eigenvalue weighted by Crippen LogP contribution is -2.36. The van der Waals surface area contributed by atoms with E-state index in [9.17, 15) is 9.18 Å². The summed E-state index contributed by atoms with van der Waals surface area (Å²) in [4.78, 5) is 15.7. The molecule has 2 atom stereocenters. The van der Waals surface area contributed by atoms with Gasteiger partial charge in [0.1, 0.15) is 5.82 Å². The summed E-state index contributed by atoms with van der Waals surface area (Å²) in [6.07, 6.45) is 3.57. The number of hydrogen-bond acceptors (Lipinski definition) is 3. The fourth-order valence-electron chi connectivity index (χ4n) is 3.63. The van der Waals surface area contributed by atoms with Gasteiger partial charge in [0.15, 0.2) is 0 Å². The van der Waals surface area contributed by atoms with E-state index in [0.717, 1.165) is 19.5 Å². The number of fused-ring (bicyclic) bond motifs is 2. The zero-order valence-electron chi connectivity index (χ0n) is 12.3. The highest BCUT2D eigenvalue weighted by atomic mass is 19.1. The van der Waals surface area contributed by atoms with Crippen molar-refractivity contribution in [1.29, 1.82) is 0 Å². The van der Waals surface area contributed by atoms with Gasteiger partial charge in [0.2, 0.25) is 0 Å². The Hall–Kier alpha value is -1.46. The molecule has 1 aromatic rings. The third-order valence-corrected chi connectivity index (χ3v) is 4.94. The lowest BCUT2D eigenvalue weighted by atomic mass is 10.1. The quantitative estimate of drug-likeness (QED) is 0.927. The van der Waals surface area contributed by atoms with Crippen molar-refractivity contribution in [3.63, 3.8) is 0 Å². The maximum absolute atomic E-state index is 14.2. The molecule has 0 amide bonds. The summed E-state index contributed by atoms with van der Waals surface area (Å²) in [5.41, 5.74) is 0.247. The van der Waals surface area contributed by atoms with E-state index < -0.39 is 11.8 Å². The molecule has 2 heterocycles. The summed E-state index contributed by atoms with van der Waals surface area (Å²) in [5.74, 6) is -1.79. The minimum Gasteiger partial charge on any atom is -0.478 e. The molecule has 1 N–H and O–H groups in total. The fourth-order valence-corrected chi connectivity index (χ4v) is 3.63. The van der Waals surface area contributed by atoms with Crippen molar-refractivity contribution in [2.24, 2.45) is 0 Å². The van der Waals surface area contributed by atoms with Crippen LogP contribution in [0.25, 0.3) is 0 Å². The maximum Gasteiger partial charge on any atom is 0.338 e. The van der Waals surface area contributed by atoms with Crippen LogP contribution < -0.4 is 0 Å². The summed E-state index contributed by atoms with van der Waals surface area (Å²) in [5, 5.41) is 9.00. The van der Waals surface area contributed by atoms with Crippen molar-refractivity contribution in [2.45, 2.75) is 37.9 Å². The van der Waals surface area contributed by atoms with E-state index >= 15 is 0 Å². The number of halogens is 1. The SMILES string of the molecule is CN1C2CCC1CN(Cc1cccc(C(=O)O)c1F)CC2. The second-order valence-corrected chi connectivity index (χ2v) is 6.16. The molecule has 2 aliphatic heterocycles. The van der Waals surface area contributed by atoms with Crippen LogP contribution in [0.15, 0.2) is 18.2 Å². The van der Waals surface area contributed by atoms with Gasteiger partial charge in [-0.2, -0.15) is 0 Å². The van der Waals surface area contributed by atoms with Crippen LogP contribution >= 0.6 is 0 Å². The maximum atomic E-state index is 14.2. The summed E-state index contributed by atoms with van der Waals surface area (Å²) in [7, 11) is 2.18. The molecule has 5 heteroatoms. The van der Waals surface area contributed by atoms with Gasteiger partial charge in [-0.3, -0.25) is 9.80 Å². The molecule has 0 aromatic heterocycles. The Labute approximate surface area is 124 Å². The third-order valence-electron chi connectivity index (χ3n) is 4.94. The van der Waals surface area contributed by atoms with Crippen LogP contribution in [0, 0.1) is 5.82 Å². The van der Waals surface area contributed by atoms with Gasteiger partial charge in [0.25, 0.3) is 0 Å². The molecule has 4 nitrogen and oxygen atoms in total. The monoisotopic (exact) mass is 292 g/mol. The minimum atomic E-state index is -1.20. The lowest BCUT2D eigenvalue weighted by molar-refractivity contribution is 0.0691. The summed E-state index contributed by atoms with van der Waals surface area (Å²) >= 11 is 0. The smallest absolute Gasteiger partial charge is 0.338 e. The number of rotatable bonds is 3. The van der Waals surface area contributed by atoms with E-state index in [-0.39, 0.29) is 5.56 Å². The highest BCUT2D eigenvalue weighted by Crippen LogP contribution is 2.29. The molecule has 114 valence electrons. The summed E-state index contributed by atoms with van der Waals surface area (Å²) in [6, 6.07) is 5.82. The van der Waals surface area contributed by atoms with Gasteiger partial charge in [-0.1, -0.05) is 12.1 Å². The first-order valence-electron chi connectivity index (χ1n) is 7.51. The van der Waals surface area contributed by atoms with Crippen molar-refractivity contribution in [1.82, 2.24) is 9.80 Å². The number of nitrogens with zero attached hydrogens (tertiary/aromatic N) is 2. The van der Waals surface area contributed by atoms with Crippen molar-refractivity contribution in [3.05, 3.63) is 35.1 Å². The average molecular weight is 292 g/mol. The number of likely N-dealkylation sites (N-methyl/N-ethyl adjacent to an activating group) is 1. The number of carbonyl (C=O) groups is 1. The molecule has 3 rings (SSSR count). The molecular weight excluding hydrogens is 271 g/mol. The van der Waals surface area contributed by atoms with Gasteiger partial charge in [0, 0.05) is 37.3 Å². The minimum absolute atomic E-state index is 0.235. The Kier molecular flexibility index (Phi) is 3.95. The fraction of sp³-hybridized carbons (Fsp3) is 0.562. The molecule has 2 unspecified atom stereocenters. The molecular formula is C16H21FN2O2. The molecule has 0 aliphatic carbocycles. The van der Waals surface area contributed by atoms with Crippen molar-refractivity contribution < 1.29 is 14.3 Å². The number of carboxylic acid groups (broad SMARTS) is 1. The number of carboxylic acids is 1. The molecule has 0 radical (unpaired) electrons. The Balaban J connectivity index is 1.75. The lowest BCUT2D eigenvalue weighted by Gasteiger charge is -2.25. The van der Waals surface area contributed by atoms with Crippen molar-refractivity contribution >= 4 is 5.97 Å². The Morgan fingerprint density at radius 2 is 2.10 bits per heavy atom. The van der Waals surface area contributed by atoms with Gasteiger partial charge >= 0.3 is 5.97 Å². The largest absolute Gasteiger partial charge is 0.478 e. The van der Waals surface area contributed by atoms with E-state index in [1.54, 1.807) is 12.1 Å². The molecule has 2 saturated heterocycles. The molecule has 21 heavy (non-hydrogen) atoms. The topological polar surface area (TPSA) is 43.8 Å². The van der Waals surface area contributed by atoms with Crippen LogP contribution in [0.5, 0.6) is 0 Å². The standard InChI is InChI=1S/C16H21FN2O2/c1-18-12-5-6-13(18)10-19(8-7-12)9-11-3-2-4-14(15(11)17)16(20)21/h2-4,12-13H,5-10H2,1H3,(H,20,21). The first-order valence-corrected chi connectivity index (χ1v) is 7.51. The van der Waals surface area contributed by atoms with E-state index in [4.69, 9.17) is 5.11 Å². The first-order chi connectivity index (χ1) is 10.1. The second kappa shape index (κ2) is 5.73. The molecule has 2 aliphatic rings. The van der Waals surface area contributed by atoms with E-state index in [0.29, 0.717) is 24.2 Å². The third kappa shape index (κ3) is 2.80. The van der Waals surface area contributed by atoms with E-state index in [1.165, 1.54) is 18.9 Å². The highest BCUT2D eigenvalue weighted by Gasteiger charge is 2.34. The number of hydrogen-bond donors (Lipinski definition) is 1. The summed E-state index contributed by atoms with van der Waals surface area (Å²) < 4.78 is 14.2. The zero-order chi connectivity index (χ0) is 15.0. The van der Waals surface area contributed by atoms with Crippen LogP contribution in [0.3, 0.4) is 0 Å². The normalized spacial score (nSPS) is 26.8. The Bertz CT molecular complexity index is 549. The van der Waals surface area contributed by atoms with E-state index in [1.807, 2.05) is 0 Å². The second-order valence-electron chi connectivity index (χ2n) is 6.16. The zero-order valence-corrected chi connectivity index (χ0v) is 12.3. The van der Waals surface area contributed by atoms with Crippen LogP contribution in [-0.4, -0.2) is 53.1 Å². The number of benzene rings is 1. The predicted octanol–water partition coefficient (Wildman–Crippen LogP) is 2.19. The highest BCUT2D eigenvalue weighted by molar-refractivity contribution is 5.88. The molecule has 0 spiro atoms. The predicted molar refractivity (Wildman–Crippen MR) is 77.8 cm³/mol. The van der Waals surface area contributed by atoms with Crippen LogP contribution in [0.1, 0.15) is 35.2 Å². The van der Waals surface area contributed by atoms with Crippen molar-refractivity contribution in [3.8, 4) is 0 Å². The van der Waals surface area contributed by atoms with Gasteiger partial charge in [0.05, 0.1) is 5.56 Å². The van der Waals surface area contributed by atoms with E-state index in [2.05, 4.69) is 16.8 Å². The van der Waals surface area contributed by atoms with Gasteiger partial charge < -0.3 is 5.11 Å². The molecule has 0 saturated carbocycles. The number of likely N-dealkylation sites (tertiary alicyclic amines) is 1.